The normalized spacial score (nSPS) is 19.4. The van der Waals surface area contributed by atoms with Crippen molar-refractivity contribution in [3.63, 3.8) is 0 Å². The van der Waals surface area contributed by atoms with E-state index in [1.54, 1.807) is 0 Å². The summed E-state index contributed by atoms with van der Waals surface area (Å²) in [5.74, 6) is 1.25. The minimum Gasteiger partial charge on any atom is -0.361 e. The molecule has 2 aromatic heterocycles. The Balaban J connectivity index is 1.30. The third-order valence-corrected chi connectivity index (χ3v) is 7.15. The van der Waals surface area contributed by atoms with Crippen LogP contribution in [0.2, 0.25) is 0 Å². The molecule has 30 heavy (non-hydrogen) atoms. The Bertz CT molecular complexity index is 1190. The zero-order valence-corrected chi connectivity index (χ0v) is 17.6. The number of hydrogen-bond donors (Lipinski definition) is 1. The molecule has 4 aromatic rings. The Morgan fingerprint density at radius 2 is 1.73 bits per heavy atom. The molecule has 4 heterocycles. The predicted octanol–water partition coefficient (Wildman–Crippen LogP) is 4.14. The highest BCUT2D eigenvalue weighted by Crippen LogP contribution is 2.29. The first kappa shape index (κ1) is 18.2. The van der Waals surface area contributed by atoms with Crippen LogP contribution in [0.25, 0.3) is 33.1 Å². The minimum absolute atomic E-state index is 0.737. The summed E-state index contributed by atoms with van der Waals surface area (Å²) in [5, 5.41) is 1.26. The molecule has 2 aromatic carbocycles. The quantitative estimate of drug-likeness (QED) is 0.551. The summed E-state index contributed by atoms with van der Waals surface area (Å²) in [4.78, 5) is 13.5. The first-order chi connectivity index (χ1) is 14.7. The third-order valence-electron chi connectivity index (χ3n) is 7.15. The molecule has 6 rings (SSSR count). The average Bonchev–Trinajstić information content (AvgIpc) is 3.32. The van der Waals surface area contributed by atoms with Crippen molar-refractivity contribution >= 4 is 21.9 Å². The molecule has 0 unspecified atom stereocenters. The number of H-pyrrole nitrogens is 1. The highest BCUT2D eigenvalue weighted by molar-refractivity contribution is 5.88. The summed E-state index contributed by atoms with van der Waals surface area (Å²) in [7, 11) is 2.24. The van der Waals surface area contributed by atoms with Gasteiger partial charge in [0.2, 0.25) is 0 Å². The van der Waals surface area contributed by atoms with Gasteiger partial charge in [-0.05, 0) is 79.8 Å². The maximum atomic E-state index is 5.00. The lowest BCUT2D eigenvalue weighted by Gasteiger charge is -2.36. The van der Waals surface area contributed by atoms with Crippen molar-refractivity contribution in [3.05, 3.63) is 54.5 Å². The summed E-state index contributed by atoms with van der Waals surface area (Å²) < 4.78 is 2.47. The van der Waals surface area contributed by atoms with E-state index in [4.69, 9.17) is 4.98 Å². The van der Waals surface area contributed by atoms with Gasteiger partial charge in [-0.2, -0.15) is 0 Å². The predicted molar refractivity (Wildman–Crippen MR) is 123 cm³/mol. The highest BCUT2D eigenvalue weighted by atomic mass is 15.2. The van der Waals surface area contributed by atoms with Crippen molar-refractivity contribution in [1.29, 1.82) is 0 Å². The van der Waals surface area contributed by atoms with Crippen molar-refractivity contribution in [2.24, 2.45) is 0 Å². The number of nitrogens with zero attached hydrogens (tertiary/aromatic N) is 4. The number of aromatic amines is 1. The molecule has 2 aliphatic rings. The fraction of sp³-hybridized carbons (Fsp3) is 0.400. The highest BCUT2D eigenvalue weighted by Gasteiger charge is 2.26. The largest absolute Gasteiger partial charge is 0.361 e. The van der Waals surface area contributed by atoms with Crippen molar-refractivity contribution < 1.29 is 0 Å². The molecular formula is C25H29N5. The Kier molecular flexibility index (Phi) is 4.39. The van der Waals surface area contributed by atoms with Crippen LogP contribution in [0.15, 0.2) is 48.7 Å². The van der Waals surface area contributed by atoms with Crippen molar-refractivity contribution in [2.75, 3.05) is 33.2 Å². The van der Waals surface area contributed by atoms with Gasteiger partial charge in [0.05, 0.1) is 11.0 Å². The fourth-order valence-electron chi connectivity index (χ4n) is 5.33. The van der Waals surface area contributed by atoms with Crippen molar-refractivity contribution in [2.45, 2.75) is 31.8 Å². The average molecular weight is 400 g/mol. The first-order valence-electron chi connectivity index (χ1n) is 11.2. The van der Waals surface area contributed by atoms with Gasteiger partial charge >= 0.3 is 0 Å². The molecule has 2 aliphatic heterocycles. The SMILES string of the molecule is CN1CCC(N2CCc3nc4ccc(-c5ccc6[nH]ccc6c5)cc4n3CC2)CC1. The Labute approximate surface area is 177 Å². The Hall–Kier alpha value is -2.63. The van der Waals surface area contributed by atoms with E-state index in [9.17, 15) is 0 Å². The van der Waals surface area contributed by atoms with Crippen LogP contribution in [0.3, 0.4) is 0 Å². The van der Waals surface area contributed by atoms with Crippen LogP contribution in [-0.2, 0) is 13.0 Å². The van der Waals surface area contributed by atoms with E-state index in [0.717, 1.165) is 37.6 Å². The molecule has 0 atom stereocenters. The first-order valence-corrected chi connectivity index (χ1v) is 11.2. The van der Waals surface area contributed by atoms with E-state index in [2.05, 4.69) is 68.9 Å². The molecular weight excluding hydrogens is 370 g/mol. The van der Waals surface area contributed by atoms with Gasteiger partial charge in [0.15, 0.2) is 0 Å². The van der Waals surface area contributed by atoms with Crippen molar-refractivity contribution in [1.82, 2.24) is 24.3 Å². The van der Waals surface area contributed by atoms with E-state index in [0.29, 0.717) is 0 Å². The minimum atomic E-state index is 0.737. The van der Waals surface area contributed by atoms with Gasteiger partial charge < -0.3 is 14.5 Å². The number of piperidine rings is 1. The number of hydrogen-bond acceptors (Lipinski definition) is 3. The second-order valence-electron chi connectivity index (χ2n) is 8.98. The third kappa shape index (κ3) is 3.13. The second-order valence-corrected chi connectivity index (χ2v) is 8.98. The lowest BCUT2D eigenvalue weighted by Crippen LogP contribution is -2.44. The van der Waals surface area contributed by atoms with E-state index in [1.165, 1.54) is 59.3 Å². The van der Waals surface area contributed by atoms with Crippen LogP contribution in [-0.4, -0.2) is 63.6 Å². The summed E-state index contributed by atoms with van der Waals surface area (Å²) in [5.41, 5.74) is 6.13. The summed E-state index contributed by atoms with van der Waals surface area (Å²) in [6, 6.07) is 16.3. The second kappa shape index (κ2) is 7.25. The number of nitrogens with one attached hydrogen (secondary N) is 1. The number of rotatable bonds is 2. The van der Waals surface area contributed by atoms with E-state index in [-0.39, 0.29) is 0 Å². The Morgan fingerprint density at radius 3 is 2.63 bits per heavy atom. The maximum absolute atomic E-state index is 5.00. The van der Waals surface area contributed by atoms with Gasteiger partial charge in [0.1, 0.15) is 5.82 Å². The number of aromatic nitrogens is 3. The van der Waals surface area contributed by atoms with Crippen LogP contribution in [0.5, 0.6) is 0 Å². The van der Waals surface area contributed by atoms with Gasteiger partial charge in [0.25, 0.3) is 0 Å². The van der Waals surface area contributed by atoms with E-state index >= 15 is 0 Å². The molecule has 0 radical (unpaired) electrons. The van der Waals surface area contributed by atoms with Crippen molar-refractivity contribution in [3.8, 4) is 11.1 Å². The molecule has 154 valence electrons. The van der Waals surface area contributed by atoms with Gasteiger partial charge in [-0.25, -0.2) is 4.98 Å². The van der Waals surface area contributed by atoms with Gasteiger partial charge in [-0.1, -0.05) is 12.1 Å². The van der Waals surface area contributed by atoms with Crippen LogP contribution in [0.4, 0.5) is 0 Å². The zero-order valence-electron chi connectivity index (χ0n) is 17.6. The number of fused-ring (bicyclic) bond motifs is 4. The molecule has 1 fully saturated rings. The summed E-state index contributed by atoms with van der Waals surface area (Å²) in [6.45, 7) is 5.76. The maximum Gasteiger partial charge on any atom is 0.111 e. The Morgan fingerprint density at radius 1 is 0.900 bits per heavy atom. The van der Waals surface area contributed by atoms with Crippen LogP contribution < -0.4 is 0 Å². The summed E-state index contributed by atoms with van der Waals surface area (Å²) >= 11 is 0. The summed E-state index contributed by atoms with van der Waals surface area (Å²) in [6.07, 6.45) is 5.65. The smallest absolute Gasteiger partial charge is 0.111 e. The topological polar surface area (TPSA) is 40.1 Å². The number of likely N-dealkylation sites (tertiary alicyclic amines) is 1. The molecule has 0 bridgehead atoms. The van der Waals surface area contributed by atoms with Gasteiger partial charge in [-0.3, -0.25) is 4.90 Å². The molecule has 5 nitrogen and oxygen atoms in total. The monoisotopic (exact) mass is 399 g/mol. The molecule has 0 amide bonds. The molecule has 1 N–H and O–H groups in total. The number of benzene rings is 2. The van der Waals surface area contributed by atoms with Gasteiger partial charge in [0, 0.05) is 43.8 Å². The standard InChI is InChI=1S/C25H29N5/c1-28-11-7-21(8-12-28)29-13-9-25-27-23-5-3-19(17-24(23)30(25)15-14-29)18-2-4-22-20(16-18)6-10-26-22/h2-6,10,16-17,21,26H,7-9,11-15H2,1H3. The molecule has 0 aliphatic carbocycles. The van der Waals surface area contributed by atoms with E-state index < -0.39 is 0 Å². The number of imidazole rings is 1. The van der Waals surface area contributed by atoms with E-state index in [1.807, 2.05) is 6.20 Å². The molecule has 1 saturated heterocycles. The molecule has 0 spiro atoms. The lowest BCUT2D eigenvalue weighted by molar-refractivity contribution is 0.123. The molecule has 0 saturated carbocycles. The lowest BCUT2D eigenvalue weighted by atomic mass is 10.0. The van der Waals surface area contributed by atoms with Crippen LogP contribution >= 0.6 is 0 Å². The van der Waals surface area contributed by atoms with Gasteiger partial charge in [-0.15, -0.1) is 0 Å². The molecule has 5 heteroatoms. The zero-order chi connectivity index (χ0) is 20.1. The van der Waals surface area contributed by atoms with Crippen LogP contribution in [0, 0.1) is 0 Å². The fourth-order valence-corrected chi connectivity index (χ4v) is 5.33. The van der Waals surface area contributed by atoms with Crippen LogP contribution in [0.1, 0.15) is 18.7 Å².